The second kappa shape index (κ2) is 5.20. The second-order valence-corrected chi connectivity index (χ2v) is 4.10. The van der Waals surface area contributed by atoms with Crippen LogP contribution >= 0.6 is 15.9 Å². The maximum atomic E-state index is 13.7. The molecule has 0 aliphatic rings. The number of nitrogens with zero attached hydrogens (tertiary/aromatic N) is 2. The first-order valence-electron chi connectivity index (χ1n) is 4.73. The number of hydrogen-bond donors (Lipinski definition) is 1. The number of aliphatic hydroxyl groups is 1. The molecule has 0 spiro atoms. The number of ether oxygens (including phenoxy) is 1. The van der Waals surface area contributed by atoms with E-state index in [1.165, 1.54) is 18.5 Å². The Morgan fingerprint density at radius 1 is 1.41 bits per heavy atom. The highest BCUT2D eigenvalue weighted by Gasteiger charge is 2.11. The number of hydrogen-bond acceptors (Lipinski definition) is 4. The van der Waals surface area contributed by atoms with E-state index < -0.39 is 12.4 Å². The van der Waals surface area contributed by atoms with Crippen LogP contribution in [0, 0.1) is 5.82 Å². The standard InChI is InChI=1S/C11H8BrFN2O2/c12-8-3-9(5-14-4-8)17-11-10(13)7(6-16)1-2-15-11/h1-5,16H,6H2. The van der Waals surface area contributed by atoms with Gasteiger partial charge in [-0.3, -0.25) is 4.98 Å². The Morgan fingerprint density at radius 3 is 2.94 bits per heavy atom. The van der Waals surface area contributed by atoms with Gasteiger partial charge in [-0.2, -0.15) is 0 Å². The first-order valence-corrected chi connectivity index (χ1v) is 5.52. The maximum Gasteiger partial charge on any atom is 0.256 e. The summed E-state index contributed by atoms with van der Waals surface area (Å²) in [6, 6.07) is 3.03. The van der Waals surface area contributed by atoms with Crippen molar-refractivity contribution in [3.8, 4) is 11.6 Å². The Hall–Kier alpha value is -1.53. The molecule has 17 heavy (non-hydrogen) atoms. The highest BCUT2D eigenvalue weighted by molar-refractivity contribution is 9.10. The zero-order valence-corrected chi connectivity index (χ0v) is 10.2. The van der Waals surface area contributed by atoms with E-state index in [0.29, 0.717) is 10.2 Å². The third kappa shape index (κ3) is 2.78. The van der Waals surface area contributed by atoms with E-state index in [-0.39, 0.29) is 11.4 Å². The van der Waals surface area contributed by atoms with Crippen molar-refractivity contribution in [1.82, 2.24) is 9.97 Å². The minimum Gasteiger partial charge on any atom is -0.435 e. The smallest absolute Gasteiger partial charge is 0.256 e. The van der Waals surface area contributed by atoms with Gasteiger partial charge < -0.3 is 9.84 Å². The minimum absolute atomic E-state index is 0.137. The molecule has 2 heterocycles. The van der Waals surface area contributed by atoms with Gasteiger partial charge in [0.2, 0.25) is 0 Å². The summed E-state index contributed by atoms with van der Waals surface area (Å²) in [5.41, 5.74) is 0.137. The summed E-state index contributed by atoms with van der Waals surface area (Å²) < 4.78 is 19.6. The Balaban J connectivity index is 2.30. The molecule has 88 valence electrons. The summed E-state index contributed by atoms with van der Waals surface area (Å²) in [6.07, 6.45) is 4.40. The molecule has 2 aromatic rings. The molecule has 2 rings (SSSR count). The largest absolute Gasteiger partial charge is 0.435 e. The summed E-state index contributed by atoms with van der Waals surface area (Å²) in [5, 5.41) is 8.91. The lowest BCUT2D eigenvalue weighted by atomic mass is 10.3. The van der Waals surface area contributed by atoms with Gasteiger partial charge >= 0.3 is 0 Å². The lowest BCUT2D eigenvalue weighted by Crippen LogP contribution is -1.97. The Labute approximate surface area is 105 Å². The van der Waals surface area contributed by atoms with E-state index in [2.05, 4.69) is 25.9 Å². The number of pyridine rings is 2. The van der Waals surface area contributed by atoms with Crippen LogP contribution < -0.4 is 4.74 Å². The van der Waals surface area contributed by atoms with Crippen molar-refractivity contribution in [2.45, 2.75) is 6.61 Å². The lowest BCUT2D eigenvalue weighted by Gasteiger charge is -2.07. The molecule has 0 aliphatic carbocycles. The molecule has 0 fully saturated rings. The van der Waals surface area contributed by atoms with E-state index in [1.54, 1.807) is 12.3 Å². The average Bonchev–Trinajstić information content (AvgIpc) is 2.32. The first kappa shape index (κ1) is 11.9. The molecule has 4 nitrogen and oxygen atoms in total. The molecule has 0 unspecified atom stereocenters. The molecule has 2 aromatic heterocycles. The van der Waals surface area contributed by atoms with Crippen molar-refractivity contribution in [2.75, 3.05) is 0 Å². The van der Waals surface area contributed by atoms with E-state index >= 15 is 0 Å². The molecule has 1 N–H and O–H groups in total. The quantitative estimate of drug-likeness (QED) is 0.946. The number of aliphatic hydroxyl groups excluding tert-OH is 1. The molecule has 6 heteroatoms. The fourth-order valence-corrected chi connectivity index (χ4v) is 1.56. The van der Waals surface area contributed by atoms with Crippen LogP contribution in [0.3, 0.4) is 0 Å². The minimum atomic E-state index is -0.671. The Morgan fingerprint density at radius 2 is 2.24 bits per heavy atom. The van der Waals surface area contributed by atoms with Crippen molar-refractivity contribution in [3.63, 3.8) is 0 Å². The van der Waals surface area contributed by atoms with Crippen LogP contribution in [0.2, 0.25) is 0 Å². The number of aromatic nitrogens is 2. The summed E-state index contributed by atoms with van der Waals surface area (Å²) >= 11 is 3.23. The van der Waals surface area contributed by atoms with Crippen LogP contribution in [-0.4, -0.2) is 15.1 Å². The Kier molecular flexibility index (Phi) is 3.65. The average molecular weight is 299 g/mol. The normalized spacial score (nSPS) is 10.3. The van der Waals surface area contributed by atoms with Gasteiger partial charge in [0, 0.05) is 22.4 Å². The lowest BCUT2D eigenvalue weighted by molar-refractivity contribution is 0.273. The van der Waals surface area contributed by atoms with Crippen molar-refractivity contribution >= 4 is 15.9 Å². The third-order valence-corrected chi connectivity index (χ3v) is 2.44. The SMILES string of the molecule is OCc1ccnc(Oc2cncc(Br)c2)c1F. The molecular formula is C11H8BrFN2O2. The molecule has 0 saturated heterocycles. The maximum absolute atomic E-state index is 13.7. The zero-order chi connectivity index (χ0) is 12.3. The summed E-state index contributed by atoms with van der Waals surface area (Å²) in [4.78, 5) is 7.64. The topological polar surface area (TPSA) is 55.2 Å². The van der Waals surface area contributed by atoms with Crippen LogP contribution in [-0.2, 0) is 6.61 Å². The van der Waals surface area contributed by atoms with Gasteiger partial charge in [0.25, 0.3) is 5.88 Å². The number of rotatable bonds is 3. The molecule has 0 aliphatic heterocycles. The van der Waals surface area contributed by atoms with Gasteiger partial charge in [0.15, 0.2) is 5.82 Å². The predicted octanol–water partition coefficient (Wildman–Crippen LogP) is 2.66. The Bertz CT molecular complexity index is 537. The summed E-state index contributed by atoms with van der Waals surface area (Å²) in [6.45, 7) is -0.401. The van der Waals surface area contributed by atoms with Crippen LogP contribution in [0.5, 0.6) is 11.6 Å². The van der Waals surface area contributed by atoms with Gasteiger partial charge in [-0.1, -0.05) is 0 Å². The molecular weight excluding hydrogens is 291 g/mol. The van der Waals surface area contributed by atoms with Crippen molar-refractivity contribution in [2.24, 2.45) is 0 Å². The monoisotopic (exact) mass is 298 g/mol. The molecule has 0 atom stereocenters. The van der Waals surface area contributed by atoms with Gasteiger partial charge in [-0.15, -0.1) is 0 Å². The van der Waals surface area contributed by atoms with E-state index in [4.69, 9.17) is 9.84 Å². The van der Waals surface area contributed by atoms with Crippen LogP contribution in [0.25, 0.3) is 0 Å². The fourth-order valence-electron chi connectivity index (χ4n) is 1.22. The van der Waals surface area contributed by atoms with Crippen LogP contribution in [0.1, 0.15) is 5.56 Å². The van der Waals surface area contributed by atoms with Crippen molar-refractivity contribution < 1.29 is 14.2 Å². The second-order valence-electron chi connectivity index (χ2n) is 3.19. The van der Waals surface area contributed by atoms with Gasteiger partial charge in [0.05, 0.1) is 12.8 Å². The van der Waals surface area contributed by atoms with Crippen LogP contribution in [0.15, 0.2) is 35.2 Å². The van der Waals surface area contributed by atoms with Gasteiger partial charge in [0.1, 0.15) is 5.75 Å². The van der Waals surface area contributed by atoms with E-state index in [1.807, 2.05) is 0 Å². The van der Waals surface area contributed by atoms with E-state index in [9.17, 15) is 4.39 Å². The summed E-state index contributed by atoms with van der Waals surface area (Å²) in [7, 11) is 0. The fraction of sp³-hybridized carbons (Fsp3) is 0.0909. The van der Waals surface area contributed by atoms with Crippen molar-refractivity contribution in [3.05, 3.63) is 46.6 Å². The van der Waals surface area contributed by atoms with Gasteiger partial charge in [-0.05, 0) is 28.1 Å². The summed E-state index contributed by atoms with van der Waals surface area (Å²) in [5.74, 6) is -0.493. The molecule has 0 radical (unpaired) electrons. The zero-order valence-electron chi connectivity index (χ0n) is 8.60. The van der Waals surface area contributed by atoms with Crippen LogP contribution in [0.4, 0.5) is 4.39 Å². The molecule has 0 amide bonds. The number of halogens is 2. The first-order chi connectivity index (χ1) is 8.20. The molecule has 0 aromatic carbocycles. The van der Waals surface area contributed by atoms with Crippen molar-refractivity contribution in [1.29, 1.82) is 0 Å². The van der Waals surface area contributed by atoms with E-state index in [0.717, 1.165) is 0 Å². The highest BCUT2D eigenvalue weighted by Crippen LogP contribution is 2.25. The van der Waals surface area contributed by atoms with Gasteiger partial charge in [-0.25, -0.2) is 9.37 Å². The molecule has 0 bridgehead atoms. The third-order valence-electron chi connectivity index (χ3n) is 2.00. The predicted molar refractivity (Wildman–Crippen MR) is 62.1 cm³/mol. The highest BCUT2D eigenvalue weighted by atomic mass is 79.9. The molecule has 0 saturated carbocycles.